The van der Waals surface area contributed by atoms with Crippen LogP contribution in [-0.4, -0.2) is 19.9 Å². The molecule has 18 heavy (non-hydrogen) atoms. The average molecular weight is 261 g/mol. The largest absolute Gasteiger partial charge is 0.345 e. The van der Waals surface area contributed by atoms with Crippen molar-refractivity contribution in [3.05, 3.63) is 28.2 Å². The fraction of sp³-hybridized carbons (Fsp3) is 0.500. The molecule has 94 valence electrons. The molecule has 0 spiro atoms. The topological polar surface area (TPSA) is 63.6 Å². The van der Waals surface area contributed by atoms with Gasteiger partial charge in [0.2, 0.25) is 5.95 Å². The molecule has 5 nitrogen and oxygen atoms in total. The highest BCUT2D eigenvalue weighted by Crippen LogP contribution is 2.30. The summed E-state index contributed by atoms with van der Waals surface area (Å²) < 4.78 is 0. The molecule has 6 heteroatoms. The van der Waals surface area contributed by atoms with E-state index in [-0.39, 0.29) is 6.04 Å². The van der Waals surface area contributed by atoms with Crippen LogP contribution in [0.5, 0.6) is 0 Å². The molecule has 0 radical (unpaired) electrons. The van der Waals surface area contributed by atoms with Gasteiger partial charge in [0.25, 0.3) is 0 Å². The minimum absolute atomic E-state index is 0.142. The summed E-state index contributed by atoms with van der Waals surface area (Å²) in [7, 11) is 0. The summed E-state index contributed by atoms with van der Waals surface area (Å²) in [5, 5.41) is 4.38. The van der Waals surface area contributed by atoms with E-state index in [1.54, 1.807) is 0 Å². The Labute approximate surface area is 110 Å². The Morgan fingerprint density at radius 3 is 2.78 bits per heavy atom. The van der Waals surface area contributed by atoms with Crippen molar-refractivity contribution in [2.45, 2.75) is 38.6 Å². The Bertz CT molecular complexity index is 501. The number of fused-ring (bicyclic) bond motifs is 1. The van der Waals surface area contributed by atoms with E-state index >= 15 is 0 Å². The van der Waals surface area contributed by atoms with E-state index in [2.05, 4.69) is 27.2 Å². The minimum atomic E-state index is 0.142. The van der Waals surface area contributed by atoms with Gasteiger partial charge in [-0.05, 0) is 32.6 Å². The normalized spacial score (nSPS) is 16.1. The lowest BCUT2D eigenvalue weighted by atomic mass is 10.0. The van der Waals surface area contributed by atoms with Crippen LogP contribution < -0.4 is 5.32 Å². The maximum Gasteiger partial charge on any atom is 0.226 e. The van der Waals surface area contributed by atoms with Gasteiger partial charge in [0.05, 0.1) is 11.7 Å². The first-order chi connectivity index (χ1) is 8.83. The highest BCUT2D eigenvalue weighted by molar-refractivity contribution is 7.11. The van der Waals surface area contributed by atoms with Crippen molar-refractivity contribution in [3.63, 3.8) is 0 Å². The molecule has 0 amide bonds. The van der Waals surface area contributed by atoms with Crippen LogP contribution in [-0.2, 0) is 12.8 Å². The van der Waals surface area contributed by atoms with Gasteiger partial charge in [0, 0.05) is 4.88 Å². The predicted molar refractivity (Wildman–Crippen MR) is 70.6 cm³/mol. The molecule has 0 fully saturated rings. The second-order valence-electron chi connectivity index (χ2n) is 4.46. The van der Waals surface area contributed by atoms with Crippen molar-refractivity contribution in [3.8, 4) is 0 Å². The Kier molecular flexibility index (Phi) is 3.19. The molecule has 2 heterocycles. The van der Waals surface area contributed by atoms with Gasteiger partial charge in [-0.1, -0.05) is 0 Å². The van der Waals surface area contributed by atoms with Crippen LogP contribution >= 0.6 is 11.3 Å². The van der Waals surface area contributed by atoms with Crippen molar-refractivity contribution >= 4 is 17.3 Å². The number of anilines is 1. The van der Waals surface area contributed by atoms with Gasteiger partial charge in [-0.15, -0.1) is 11.3 Å². The van der Waals surface area contributed by atoms with E-state index in [0.717, 1.165) is 11.4 Å². The highest BCUT2D eigenvalue weighted by Gasteiger charge is 2.18. The second-order valence-corrected chi connectivity index (χ2v) is 5.57. The molecule has 1 atom stereocenters. The standard InChI is InChI=1S/C12H15N5S/c1-8(16-12-14-6-13-7-15-12)11-17-9-4-2-3-5-10(9)18-11/h6-8H,2-5H2,1H3,(H,13,14,15,16)/t8-/m0/s1. The molecular weight excluding hydrogens is 246 g/mol. The Morgan fingerprint density at radius 2 is 2.00 bits per heavy atom. The smallest absolute Gasteiger partial charge is 0.226 e. The molecule has 1 N–H and O–H groups in total. The average Bonchev–Trinajstić information content (AvgIpc) is 2.84. The molecule has 1 aliphatic rings. The third kappa shape index (κ3) is 2.33. The van der Waals surface area contributed by atoms with Crippen LogP contribution in [0.4, 0.5) is 5.95 Å². The van der Waals surface area contributed by atoms with E-state index in [4.69, 9.17) is 4.98 Å². The third-order valence-corrected chi connectivity index (χ3v) is 4.41. The van der Waals surface area contributed by atoms with E-state index in [0.29, 0.717) is 5.95 Å². The summed E-state index contributed by atoms with van der Waals surface area (Å²) in [6.45, 7) is 2.09. The van der Waals surface area contributed by atoms with Crippen molar-refractivity contribution in [1.29, 1.82) is 0 Å². The highest BCUT2D eigenvalue weighted by atomic mass is 32.1. The second kappa shape index (κ2) is 4.97. The zero-order chi connectivity index (χ0) is 12.4. The van der Waals surface area contributed by atoms with Crippen LogP contribution in [0.3, 0.4) is 0 Å². The molecule has 1 aliphatic carbocycles. The zero-order valence-corrected chi connectivity index (χ0v) is 11.1. The first kappa shape index (κ1) is 11.5. The summed E-state index contributed by atoms with van der Waals surface area (Å²) >= 11 is 1.82. The van der Waals surface area contributed by atoms with E-state index in [9.17, 15) is 0 Å². The molecule has 3 rings (SSSR count). The number of thiazole rings is 1. The van der Waals surface area contributed by atoms with Crippen LogP contribution in [0.1, 0.15) is 41.4 Å². The molecule has 0 bridgehead atoms. The van der Waals surface area contributed by atoms with Gasteiger partial charge >= 0.3 is 0 Å². The number of aromatic nitrogens is 4. The maximum atomic E-state index is 4.73. The minimum Gasteiger partial charge on any atom is -0.345 e. The van der Waals surface area contributed by atoms with Crippen LogP contribution in [0.25, 0.3) is 0 Å². The monoisotopic (exact) mass is 261 g/mol. The summed E-state index contributed by atoms with van der Waals surface area (Å²) in [5.41, 5.74) is 1.30. The van der Waals surface area contributed by atoms with Crippen molar-refractivity contribution < 1.29 is 0 Å². The Morgan fingerprint density at radius 1 is 1.22 bits per heavy atom. The van der Waals surface area contributed by atoms with Gasteiger partial charge in [-0.2, -0.15) is 0 Å². The molecular formula is C12H15N5S. The number of hydrogen-bond acceptors (Lipinski definition) is 6. The van der Waals surface area contributed by atoms with Gasteiger partial charge < -0.3 is 5.32 Å². The SMILES string of the molecule is C[C@H](Nc1ncncn1)c1nc2c(s1)CCCC2. The summed E-state index contributed by atoms with van der Waals surface area (Å²) in [4.78, 5) is 18.1. The van der Waals surface area contributed by atoms with Crippen molar-refractivity contribution in [2.24, 2.45) is 0 Å². The number of rotatable bonds is 3. The first-order valence-corrected chi connectivity index (χ1v) is 7.01. The van der Waals surface area contributed by atoms with Gasteiger partial charge in [0.15, 0.2) is 0 Å². The number of aryl methyl sites for hydroxylation is 2. The van der Waals surface area contributed by atoms with Gasteiger partial charge in [-0.25, -0.2) is 19.9 Å². The molecule has 2 aromatic rings. The quantitative estimate of drug-likeness (QED) is 0.919. The number of nitrogens with zero attached hydrogens (tertiary/aromatic N) is 4. The zero-order valence-electron chi connectivity index (χ0n) is 10.3. The lowest BCUT2D eigenvalue weighted by molar-refractivity contribution is 0.678. The molecule has 0 saturated carbocycles. The van der Waals surface area contributed by atoms with E-state index < -0.39 is 0 Å². The van der Waals surface area contributed by atoms with Crippen LogP contribution in [0.15, 0.2) is 12.7 Å². The Hall–Kier alpha value is -1.56. The fourth-order valence-electron chi connectivity index (χ4n) is 2.13. The Balaban J connectivity index is 1.76. The molecule has 0 unspecified atom stereocenters. The third-order valence-electron chi connectivity index (χ3n) is 3.07. The number of nitrogens with one attached hydrogen (secondary N) is 1. The summed E-state index contributed by atoms with van der Waals surface area (Å²) in [6, 6.07) is 0.142. The van der Waals surface area contributed by atoms with Gasteiger partial charge in [-0.3, -0.25) is 0 Å². The van der Waals surface area contributed by atoms with Crippen molar-refractivity contribution in [1.82, 2.24) is 19.9 Å². The molecule has 0 aromatic carbocycles. The van der Waals surface area contributed by atoms with E-state index in [1.165, 1.54) is 42.5 Å². The van der Waals surface area contributed by atoms with Crippen LogP contribution in [0.2, 0.25) is 0 Å². The summed E-state index contributed by atoms with van der Waals surface area (Å²) in [5.74, 6) is 0.602. The molecule has 2 aromatic heterocycles. The lowest BCUT2D eigenvalue weighted by Crippen LogP contribution is -2.09. The molecule has 0 saturated heterocycles. The fourth-order valence-corrected chi connectivity index (χ4v) is 3.28. The maximum absolute atomic E-state index is 4.73. The number of hydrogen-bond donors (Lipinski definition) is 1. The van der Waals surface area contributed by atoms with E-state index in [1.807, 2.05) is 11.3 Å². The predicted octanol–water partition coefficient (Wildman–Crippen LogP) is 2.38. The lowest BCUT2D eigenvalue weighted by Gasteiger charge is -2.09. The van der Waals surface area contributed by atoms with Crippen LogP contribution in [0, 0.1) is 0 Å². The van der Waals surface area contributed by atoms with Gasteiger partial charge in [0.1, 0.15) is 17.7 Å². The summed E-state index contributed by atoms with van der Waals surface area (Å²) in [6.07, 6.45) is 7.87. The first-order valence-electron chi connectivity index (χ1n) is 6.20. The molecule has 0 aliphatic heterocycles. The van der Waals surface area contributed by atoms with Crippen molar-refractivity contribution in [2.75, 3.05) is 5.32 Å².